The number of rotatable bonds is 3. The molecule has 2 aliphatic rings. The molecule has 1 unspecified atom stereocenters. The van der Waals surface area contributed by atoms with Crippen molar-refractivity contribution in [3.63, 3.8) is 0 Å². The molecule has 9 nitrogen and oxygen atoms in total. The van der Waals surface area contributed by atoms with E-state index in [-0.39, 0.29) is 24.0 Å². The number of hydrogen-bond acceptors (Lipinski definition) is 5. The monoisotopic (exact) mass is 334 g/mol. The Morgan fingerprint density at radius 1 is 1.21 bits per heavy atom. The van der Waals surface area contributed by atoms with Gasteiger partial charge in [-0.15, -0.1) is 0 Å². The Kier molecular flexibility index (Phi) is 4.24. The van der Waals surface area contributed by atoms with E-state index in [0.717, 1.165) is 5.01 Å². The van der Waals surface area contributed by atoms with Crippen LogP contribution in [-0.4, -0.2) is 71.7 Å². The summed E-state index contributed by atoms with van der Waals surface area (Å²) in [6, 6.07) is 3.24. The molecule has 1 aromatic heterocycles. The van der Waals surface area contributed by atoms with Gasteiger partial charge in [0.2, 0.25) is 5.91 Å². The van der Waals surface area contributed by atoms with Crippen molar-refractivity contribution < 1.29 is 23.6 Å². The molecule has 0 radical (unpaired) electrons. The zero-order valence-corrected chi connectivity index (χ0v) is 13.2. The topological polar surface area (TPSA) is 103 Å². The lowest BCUT2D eigenvalue weighted by molar-refractivity contribution is -0.140. The van der Waals surface area contributed by atoms with Gasteiger partial charge in [0.05, 0.1) is 6.26 Å². The van der Waals surface area contributed by atoms with Crippen molar-refractivity contribution in [3.05, 3.63) is 24.2 Å². The lowest BCUT2D eigenvalue weighted by Gasteiger charge is -2.34. The number of carbonyl (C=O) groups is 4. The third-order valence-electron chi connectivity index (χ3n) is 4.25. The number of carbonyl (C=O) groups excluding carboxylic acids is 4. The SMILES string of the molecule is CN1NC(=O)C(CC(=O)N2CCN(C(=O)c3ccco3)CC2)C1=O. The van der Waals surface area contributed by atoms with Crippen LogP contribution in [0.3, 0.4) is 0 Å². The summed E-state index contributed by atoms with van der Waals surface area (Å²) in [6.45, 7) is 1.50. The molecular weight excluding hydrogens is 316 g/mol. The second-order valence-corrected chi connectivity index (χ2v) is 5.78. The Morgan fingerprint density at radius 2 is 1.88 bits per heavy atom. The van der Waals surface area contributed by atoms with Crippen LogP contribution >= 0.6 is 0 Å². The van der Waals surface area contributed by atoms with E-state index in [0.29, 0.717) is 26.2 Å². The van der Waals surface area contributed by atoms with E-state index in [2.05, 4.69) is 5.43 Å². The third-order valence-corrected chi connectivity index (χ3v) is 4.25. The van der Waals surface area contributed by atoms with Crippen LogP contribution in [0.2, 0.25) is 0 Å². The minimum atomic E-state index is -0.967. The number of amides is 4. The van der Waals surface area contributed by atoms with Crippen molar-refractivity contribution in [2.24, 2.45) is 5.92 Å². The third kappa shape index (κ3) is 2.97. The van der Waals surface area contributed by atoms with Crippen LogP contribution in [0.15, 0.2) is 22.8 Å². The first-order valence-corrected chi connectivity index (χ1v) is 7.66. The molecule has 0 aliphatic carbocycles. The van der Waals surface area contributed by atoms with Gasteiger partial charge >= 0.3 is 0 Å². The van der Waals surface area contributed by atoms with E-state index in [1.54, 1.807) is 21.9 Å². The number of piperazine rings is 1. The van der Waals surface area contributed by atoms with Gasteiger partial charge in [-0.2, -0.15) is 0 Å². The molecule has 2 saturated heterocycles. The van der Waals surface area contributed by atoms with E-state index < -0.39 is 17.7 Å². The van der Waals surface area contributed by atoms with Crippen LogP contribution in [0.1, 0.15) is 17.0 Å². The fourth-order valence-corrected chi connectivity index (χ4v) is 2.84. The maximum atomic E-state index is 12.3. The largest absolute Gasteiger partial charge is 0.459 e. The van der Waals surface area contributed by atoms with Gasteiger partial charge in [-0.3, -0.25) is 29.6 Å². The fourth-order valence-electron chi connectivity index (χ4n) is 2.84. The van der Waals surface area contributed by atoms with Gasteiger partial charge in [0, 0.05) is 39.6 Å². The summed E-state index contributed by atoms with van der Waals surface area (Å²) in [5.74, 6) is -2.03. The van der Waals surface area contributed by atoms with E-state index in [9.17, 15) is 19.2 Å². The van der Waals surface area contributed by atoms with Crippen molar-refractivity contribution in [3.8, 4) is 0 Å². The zero-order valence-electron chi connectivity index (χ0n) is 13.2. The van der Waals surface area contributed by atoms with Crippen LogP contribution in [0.5, 0.6) is 0 Å². The molecule has 4 amide bonds. The van der Waals surface area contributed by atoms with Gasteiger partial charge in [0.25, 0.3) is 17.7 Å². The van der Waals surface area contributed by atoms with Gasteiger partial charge in [0.1, 0.15) is 5.92 Å². The lowest BCUT2D eigenvalue weighted by Crippen LogP contribution is -2.51. The summed E-state index contributed by atoms with van der Waals surface area (Å²) in [5.41, 5.74) is 2.37. The molecule has 0 bridgehead atoms. The van der Waals surface area contributed by atoms with Crippen molar-refractivity contribution in [1.29, 1.82) is 0 Å². The molecule has 0 spiro atoms. The summed E-state index contributed by atoms with van der Waals surface area (Å²) < 4.78 is 5.09. The highest BCUT2D eigenvalue weighted by atomic mass is 16.3. The summed E-state index contributed by atoms with van der Waals surface area (Å²) in [6.07, 6.45) is 1.29. The smallest absolute Gasteiger partial charge is 0.289 e. The number of nitrogens with one attached hydrogen (secondary N) is 1. The molecule has 0 aromatic carbocycles. The molecular formula is C15H18N4O5. The van der Waals surface area contributed by atoms with Crippen LogP contribution in [0.25, 0.3) is 0 Å². The minimum absolute atomic E-state index is 0.152. The van der Waals surface area contributed by atoms with Crippen molar-refractivity contribution in [2.45, 2.75) is 6.42 Å². The highest BCUT2D eigenvalue weighted by Gasteiger charge is 2.39. The van der Waals surface area contributed by atoms with Gasteiger partial charge in [-0.05, 0) is 12.1 Å². The van der Waals surface area contributed by atoms with Gasteiger partial charge in [-0.1, -0.05) is 0 Å². The second-order valence-electron chi connectivity index (χ2n) is 5.78. The molecule has 1 atom stereocenters. The van der Waals surface area contributed by atoms with E-state index in [4.69, 9.17) is 4.42 Å². The Bertz CT molecular complexity index is 663. The Balaban J connectivity index is 1.53. The molecule has 9 heteroatoms. The normalized spacial score (nSPS) is 21.2. The van der Waals surface area contributed by atoms with Gasteiger partial charge in [-0.25, -0.2) is 0 Å². The van der Waals surface area contributed by atoms with Crippen LogP contribution in [0, 0.1) is 5.92 Å². The Morgan fingerprint density at radius 3 is 2.42 bits per heavy atom. The van der Waals surface area contributed by atoms with E-state index in [1.165, 1.54) is 13.3 Å². The maximum absolute atomic E-state index is 12.3. The standard InChI is InChI=1S/C15H18N4O5/c1-17-14(22)10(13(21)16-17)9-12(20)18-4-6-19(7-5-18)15(23)11-3-2-8-24-11/h2-3,8,10H,4-7,9H2,1H3,(H,16,21). The highest BCUT2D eigenvalue weighted by molar-refractivity contribution is 6.07. The van der Waals surface area contributed by atoms with Gasteiger partial charge < -0.3 is 14.2 Å². The van der Waals surface area contributed by atoms with Crippen molar-refractivity contribution in [2.75, 3.05) is 33.2 Å². The average molecular weight is 334 g/mol. The second kappa shape index (κ2) is 6.34. The summed E-state index contributed by atoms with van der Waals surface area (Å²) in [5, 5.41) is 1.10. The summed E-state index contributed by atoms with van der Waals surface area (Å²) in [4.78, 5) is 51.2. The zero-order chi connectivity index (χ0) is 17.3. The summed E-state index contributed by atoms with van der Waals surface area (Å²) in [7, 11) is 1.45. The number of nitrogens with zero attached hydrogens (tertiary/aromatic N) is 3. The van der Waals surface area contributed by atoms with Crippen LogP contribution in [0.4, 0.5) is 0 Å². The molecule has 2 fully saturated rings. The first kappa shape index (κ1) is 16.0. The number of hydrazine groups is 1. The minimum Gasteiger partial charge on any atom is -0.459 e. The molecule has 0 saturated carbocycles. The molecule has 3 rings (SSSR count). The summed E-state index contributed by atoms with van der Waals surface area (Å²) >= 11 is 0. The molecule has 2 aliphatic heterocycles. The van der Waals surface area contributed by atoms with Crippen molar-refractivity contribution in [1.82, 2.24) is 20.2 Å². The van der Waals surface area contributed by atoms with Crippen molar-refractivity contribution >= 4 is 23.6 Å². The van der Waals surface area contributed by atoms with Crippen LogP contribution in [-0.2, 0) is 14.4 Å². The highest BCUT2D eigenvalue weighted by Crippen LogP contribution is 2.16. The number of furan rings is 1. The Labute approximate surface area is 138 Å². The fraction of sp³-hybridized carbons (Fsp3) is 0.467. The molecule has 1 N–H and O–H groups in total. The first-order chi connectivity index (χ1) is 11.5. The van der Waals surface area contributed by atoms with E-state index in [1.807, 2.05) is 0 Å². The molecule has 1 aromatic rings. The molecule has 24 heavy (non-hydrogen) atoms. The van der Waals surface area contributed by atoms with Crippen LogP contribution < -0.4 is 5.43 Å². The average Bonchev–Trinajstić information content (AvgIpc) is 3.19. The van der Waals surface area contributed by atoms with E-state index >= 15 is 0 Å². The quantitative estimate of drug-likeness (QED) is 0.720. The molecule has 3 heterocycles. The predicted octanol–water partition coefficient (Wildman–Crippen LogP) is -0.926. The Hall–Kier alpha value is -2.84. The predicted molar refractivity (Wildman–Crippen MR) is 80.2 cm³/mol. The number of hydrogen-bond donors (Lipinski definition) is 1. The van der Waals surface area contributed by atoms with Gasteiger partial charge in [0.15, 0.2) is 5.76 Å². The maximum Gasteiger partial charge on any atom is 0.289 e. The first-order valence-electron chi connectivity index (χ1n) is 7.66. The lowest BCUT2D eigenvalue weighted by atomic mass is 10.0. The molecule has 128 valence electrons.